The molecule has 0 radical (unpaired) electrons. The molecule has 0 fully saturated rings. The minimum Gasteiger partial charge on any atom is -0.452 e. The molecule has 3 nitrogen and oxygen atoms in total. The summed E-state index contributed by atoms with van der Waals surface area (Å²) in [7, 11) is 0. The van der Waals surface area contributed by atoms with E-state index in [9.17, 15) is 4.79 Å². The molecule has 0 atom stereocenters. The average molecular weight is 209 g/mol. The molecule has 0 saturated heterocycles. The summed E-state index contributed by atoms with van der Waals surface area (Å²) in [5.74, 6) is 0.446. The maximum Gasteiger partial charge on any atom is 0.232 e. The Bertz CT molecular complexity index is 700. The molecule has 1 aromatic rings. The van der Waals surface area contributed by atoms with Gasteiger partial charge in [-0.3, -0.25) is 4.79 Å². The lowest BCUT2D eigenvalue weighted by atomic mass is 10.2. The third kappa shape index (κ3) is 1.32. The normalized spacial score (nSPS) is 10.6. The number of aromatic nitrogens is 1. The van der Waals surface area contributed by atoms with Crippen LogP contribution in [0.25, 0.3) is 22.6 Å². The first-order chi connectivity index (χ1) is 7.72. The Morgan fingerprint density at radius 3 is 3.00 bits per heavy atom. The second-order valence-electron chi connectivity index (χ2n) is 3.66. The molecular weight excluding hydrogens is 202 g/mol. The van der Waals surface area contributed by atoms with Crippen molar-refractivity contribution in [2.75, 3.05) is 0 Å². The second-order valence-corrected chi connectivity index (χ2v) is 3.66. The summed E-state index contributed by atoms with van der Waals surface area (Å²) in [6.45, 7) is 1.98. The van der Waals surface area contributed by atoms with Gasteiger partial charge in [0.2, 0.25) is 5.43 Å². The van der Waals surface area contributed by atoms with Crippen LogP contribution in [0.2, 0.25) is 0 Å². The van der Waals surface area contributed by atoms with Crippen LogP contribution >= 0.6 is 0 Å². The lowest BCUT2D eigenvalue weighted by Crippen LogP contribution is -1.97. The Balaban J connectivity index is 2.46. The molecule has 76 valence electrons. The van der Waals surface area contributed by atoms with Gasteiger partial charge in [-0.15, -0.1) is 0 Å². The molecule has 0 unspecified atom stereocenters. The van der Waals surface area contributed by atoms with Gasteiger partial charge in [-0.1, -0.05) is 6.07 Å². The van der Waals surface area contributed by atoms with E-state index in [1.54, 1.807) is 0 Å². The van der Waals surface area contributed by atoms with Gasteiger partial charge in [0.15, 0.2) is 17.0 Å². The zero-order valence-electron chi connectivity index (χ0n) is 8.57. The molecule has 1 aromatic carbocycles. The van der Waals surface area contributed by atoms with Gasteiger partial charge in [-0.05, 0) is 36.8 Å². The van der Waals surface area contributed by atoms with Gasteiger partial charge >= 0.3 is 0 Å². The van der Waals surface area contributed by atoms with Crippen LogP contribution in [0.1, 0.15) is 5.56 Å². The van der Waals surface area contributed by atoms with Gasteiger partial charge in [0, 0.05) is 6.07 Å². The molecule has 3 rings (SSSR count). The van der Waals surface area contributed by atoms with Crippen molar-refractivity contribution in [3.05, 3.63) is 52.2 Å². The highest BCUT2D eigenvalue weighted by Gasteiger charge is 2.08. The fourth-order valence-electron chi connectivity index (χ4n) is 1.60. The Kier molecular flexibility index (Phi) is 1.72. The Morgan fingerprint density at radius 2 is 2.12 bits per heavy atom. The predicted octanol–water partition coefficient (Wildman–Crippen LogP) is 2.20. The van der Waals surface area contributed by atoms with E-state index in [4.69, 9.17) is 4.42 Å². The third-order valence-electron chi connectivity index (χ3n) is 2.37. The van der Waals surface area contributed by atoms with Crippen molar-refractivity contribution in [2.45, 2.75) is 6.92 Å². The molecule has 2 aliphatic rings. The van der Waals surface area contributed by atoms with E-state index >= 15 is 0 Å². The Hall–Kier alpha value is -2.34. The van der Waals surface area contributed by atoms with Crippen molar-refractivity contribution < 1.29 is 4.42 Å². The van der Waals surface area contributed by atoms with Gasteiger partial charge in [-0.25, -0.2) is 4.98 Å². The summed E-state index contributed by atoms with van der Waals surface area (Å²) in [5, 5.41) is 0. The first-order valence-corrected chi connectivity index (χ1v) is 4.87. The van der Waals surface area contributed by atoms with E-state index in [1.165, 1.54) is 6.07 Å². The number of aryl methyl sites for hydroxylation is 1. The highest BCUT2D eigenvalue weighted by molar-refractivity contribution is 5.76. The zero-order chi connectivity index (χ0) is 11.1. The van der Waals surface area contributed by atoms with Crippen molar-refractivity contribution in [1.29, 1.82) is 0 Å². The third-order valence-corrected chi connectivity index (χ3v) is 2.37. The molecule has 0 amide bonds. The van der Waals surface area contributed by atoms with Gasteiger partial charge in [-0.2, -0.15) is 0 Å². The van der Waals surface area contributed by atoms with Gasteiger partial charge in [0.25, 0.3) is 0 Å². The molecule has 0 aromatic heterocycles. The minimum absolute atomic E-state index is 0.245. The SMILES string of the molecule is Cc1ccc2nc3c#cc(=O)cc-3oc2c1. The average Bonchev–Trinajstić information content (AvgIpc) is 2.26. The zero-order valence-corrected chi connectivity index (χ0v) is 8.57. The van der Waals surface area contributed by atoms with Gasteiger partial charge in [0.05, 0.1) is 0 Å². The summed E-state index contributed by atoms with van der Waals surface area (Å²) in [4.78, 5) is 15.5. The monoisotopic (exact) mass is 209 g/mol. The van der Waals surface area contributed by atoms with Crippen molar-refractivity contribution in [2.24, 2.45) is 0 Å². The van der Waals surface area contributed by atoms with Crippen LogP contribution in [-0.2, 0) is 0 Å². The summed E-state index contributed by atoms with van der Waals surface area (Å²) in [6.07, 6.45) is 0. The number of fused-ring (bicyclic) bond motifs is 2. The van der Waals surface area contributed by atoms with Gasteiger partial charge in [0.1, 0.15) is 5.52 Å². The molecule has 1 aliphatic heterocycles. The Morgan fingerprint density at radius 1 is 1.25 bits per heavy atom. The number of hydrogen-bond acceptors (Lipinski definition) is 3. The molecule has 0 N–H and O–H groups in total. The van der Waals surface area contributed by atoms with Crippen LogP contribution in [0, 0.1) is 19.1 Å². The first-order valence-electron chi connectivity index (χ1n) is 4.87. The lowest BCUT2D eigenvalue weighted by molar-refractivity contribution is 0.612. The molecule has 0 bridgehead atoms. The van der Waals surface area contributed by atoms with Crippen molar-refractivity contribution >= 4 is 11.1 Å². The quantitative estimate of drug-likeness (QED) is 0.570. The summed E-state index contributed by atoms with van der Waals surface area (Å²) in [6, 6.07) is 12.2. The highest BCUT2D eigenvalue weighted by atomic mass is 16.3. The number of rotatable bonds is 0. The van der Waals surface area contributed by atoms with Crippen LogP contribution in [0.3, 0.4) is 0 Å². The van der Waals surface area contributed by atoms with E-state index in [1.807, 2.05) is 25.1 Å². The predicted molar refractivity (Wildman–Crippen MR) is 59.3 cm³/mol. The fourth-order valence-corrected chi connectivity index (χ4v) is 1.60. The molecule has 0 spiro atoms. The minimum atomic E-state index is -0.245. The molecule has 3 heteroatoms. The first kappa shape index (κ1) is 8.93. The van der Waals surface area contributed by atoms with E-state index in [2.05, 4.69) is 17.1 Å². The topological polar surface area (TPSA) is 43.1 Å². The molecule has 0 saturated carbocycles. The van der Waals surface area contributed by atoms with Gasteiger partial charge < -0.3 is 4.42 Å². The smallest absolute Gasteiger partial charge is 0.232 e. The van der Waals surface area contributed by atoms with Crippen LogP contribution in [-0.4, -0.2) is 4.98 Å². The number of benzene rings is 1. The maximum absolute atomic E-state index is 11.1. The second kappa shape index (κ2) is 3.07. The van der Waals surface area contributed by atoms with Crippen LogP contribution in [0.4, 0.5) is 0 Å². The highest BCUT2D eigenvalue weighted by Crippen LogP contribution is 2.22. The van der Waals surface area contributed by atoms with E-state index in [0.717, 1.165) is 11.1 Å². The summed E-state index contributed by atoms with van der Waals surface area (Å²) in [5.41, 5.74) is 2.79. The largest absolute Gasteiger partial charge is 0.452 e. The van der Waals surface area contributed by atoms with Crippen molar-refractivity contribution in [3.8, 4) is 11.5 Å². The fraction of sp³-hybridized carbons (Fsp3) is 0.0769. The molecule has 1 heterocycles. The number of hydrogen-bond donors (Lipinski definition) is 0. The van der Waals surface area contributed by atoms with E-state index in [-0.39, 0.29) is 5.43 Å². The Labute approximate surface area is 91.7 Å². The number of nitrogens with zero attached hydrogens (tertiary/aromatic N) is 1. The standard InChI is InChI=1S/C13H7NO2/c1-8-2-4-10-12(6-8)16-13-7-9(15)3-5-11(13)14-10/h2,4,6-7H,1H3. The van der Waals surface area contributed by atoms with Crippen LogP contribution in [0.5, 0.6) is 0 Å². The molecule has 1 aliphatic carbocycles. The summed E-state index contributed by atoms with van der Waals surface area (Å²) >= 11 is 0. The van der Waals surface area contributed by atoms with E-state index in [0.29, 0.717) is 17.0 Å². The summed E-state index contributed by atoms with van der Waals surface area (Å²) < 4.78 is 5.59. The lowest BCUT2D eigenvalue weighted by Gasteiger charge is -2.03. The van der Waals surface area contributed by atoms with Crippen LogP contribution in [0.15, 0.2) is 33.5 Å². The van der Waals surface area contributed by atoms with Crippen molar-refractivity contribution in [1.82, 2.24) is 4.98 Å². The van der Waals surface area contributed by atoms with Crippen molar-refractivity contribution in [3.63, 3.8) is 0 Å². The van der Waals surface area contributed by atoms with Crippen LogP contribution < -0.4 is 5.43 Å². The molecule has 16 heavy (non-hydrogen) atoms. The molecular formula is C13H7NO2. The van der Waals surface area contributed by atoms with E-state index < -0.39 is 0 Å². The maximum atomic E-state index is 11.1.